The smallest absolute Gasteiger partial charge is 0.312 e. The van der Waals surface area contributed by atoms with E-state index in [0.717, 1.165) is 31.6 Å². The van der Waals surface area contributed by atoms with E-state index in [1.165, 1.54) is 0 Å². The molecule has 6 heteroatoms. The molecule has 1 fully saturated rings. The summed E-state index contributed by atoms with van der Waals surface area (Å²) in [6.07, 6.45) is 4.41. The van der Waals surface area contributed by atoms with Crippen LogP contribution in [0.15, 0.2) is 24.3 Å². The fourth-order valence-electron chi connectivity index (χ4n) is 3.04. The van der Waals surface area contributed by atoms with E-state index in [0.29, 0.717) is 10.6 Å². The van der Waals surface area contributed by atoms with Crippen molar-refractivity contribution < 1.29 is 9.59 Å². The average molecular weight is 338 g/mol. The molecule has 0 unspecified atom stereocenters. The quantitative estimate of drug-likeness (QED) is 0.771. The van der Waals surface area contributed by atoms with Gasteiger partial charge in [0, 0.05) is 11.1 Å². The van der Waals surface area contributed by atoms with Crippen LogP contribution in [0, 0.1) is 5.92 Å². The van der Waals surface area contributed by atoms with Gasteiger partial charge in [0.2, 0.25) is 5.91 Å². The fourth-order valence-corrected chi connectivity index (χ4v) is 3.31. The summed E-state index contributed by atoms with van der Waals surface area (Å²) in [6.45, 7) is 2.24. The molecule has 0 saturated heterocycles. The molecule has 0 aliphatic heterocycles. The molecule has 126 valence electrons. The van der Waals surface area contributed by atoms with E-state index in [9.17, 15) is 9.59 Å². The van der Waals surface area contributed by atoms with Crippen molar-refractivity contribution in [3.8, 4) is 0 Å². The molecule has 1 atom stereocenters. The molecule has 1 aliphatic carbocycles. The van der Waals surface area contributed by atoms with Gasteiger partial charge in [0.25, 0.3) is 0 Å². The molecule has 0 aromatic heterocycles. The maximum Gasteiger partial charge on any atom is 0.312 e. The minimum absolute atomic E-state index is 0.0942. The van der Waals surface area contributed by atoms with Crippen LogP contribution in [0.25, 0.3) is 0 Å². The third-order valence-electron chi connectivity index (χ3n) is 4.37. The van der Waals surface area contributed by atoms with Gasteiger partial charge in [-0.05, 0) is 43.2 Å². The zero-order chi connectivity index (χ0) is 16.8. The highest BCUT2D eigenvalue weighted by atomic mass is 35.5. The second-order valence-corrected chi connectivity index (χ2v) is 6.72. The lowest BCUT2D eigenvalue weighted by molar-refractivity contribution is -0.122. The molecular weight excluding hydrogens is 314 g/mol. The predicted octanol–water partition coefficient (Wildman–Crippen LogP) is 3.13. The molecule has 0 spiro atoms. The molecular formula is C17H24ClN3O2. The number of benzene rings is 1. The number of carbonyl (C=O) groups is 2. The number of hydrogen-bond acceptors (Lipinski definition) is 2. The minimum Gasteiger partial charge on any atom is -0.353 e. The highest BCUT2D eigenvalue weighted by Gasteiger charge is 2.23. The summed E-state index contributed by atoms with van der Waals surface area (Å²) in [5, 5.41) is 6.17. The summed E-state index contributed by atoms with van der Waals surface area (Å²) in [4.78, 5) is 23.6. The van der Waals surface area contributed by atoms with Crippen LogP contribution in [-0.4, -0.2) is 18.0 Å². The van der Waals surface area contributed by atoms with Crippen molar-refractivity contribution in [3.05, 3.63) is 34.9 Å². The van der Waals surface area contributed by atoms with E-state index in [4.69, 9.17) is 17.3 Å². The third kappa shape index (κ3) is 5.43. The van der Waals surface area contributed by atoms with Crippen molar-refractivity contribution in [1.82, 2.24) is 10.6 Å². The fraction of sp³-hybridized carbons (Fsp3) is 0.529. The van der Waals surface area contributed by atoms with Crippen LogP contribution in [0.2, 0.25) is 5.02 Å². The van der Waals surface area contributed by atoms with Gasteiger partial charge in [-0.3, -0.25) is 4.79 Å². The van der Waals surface area contributed by atoms with Crippen molar-refractivity contribution in [2.24, 2.45) is 11.7 Å². The van der Waals surface area contributed by atoms with Gasteiger partial charge in [0.05, 0.1) is 12.5 Å². The number of amides is 3. The van der Waals surface area contributed by atoms with Crippen molar-refractivity contribution in [1.29, 1.82) is 0 Å². The van der Waals surface area contributed by atoms with Gasteiger partial charge in [0.1, 0.15) is 0 Å². The lowest BCUT2D eigenvalue weighted by Gasteiger charge is -2.27. The summed E-state index contributed by atoms with van der Waals surface area (Å²) < 4.78 is 0. The highest BCUT2D eigenvalue weighted by molar-refractivity contribution is 6.31. The van der Waals surface area contributed by atoms with Crippen molar-refractivity contribution in [2.45, 2.75) is 51.1 Å². The third-order valence-corrected chi connectivity index (χ3v) is 4.71. The van der Waals surface area contributed by atoms with E-state index in [1.807, 2.05) is 6.07 Å². The van der Waals surface area contributed by atoms with Gasteiger partial charge in [-0.2, -0.15) is 0 Å². The Hall–Kier alpha value is -1.75. The van der Waals surface area contributed by atoms with Gasteiger partial charge < -0.3 is 16.4 Å². The average Bonchev–Trinajstić information content (AvgIpc) is 2.49. The summed E-state index contributed by atoms with van der Waals surface area (Å²) in [5.74, 6) is 0.638. The number of nitrogens with one attached hydrogen (secondary N) is 2. The Bertz CT molecular complexity index is 557. The molecule has 23 heavy (non-hydrogen) atoms. The number of rotatable bonds is 5. The Morgan fingerprint density at radius 2 is 1.91 bits per heavy atom. The lowest BCUT2D eigenvalue weighted by Crippen LogP contribution is -2.41. The molecule has 0 radical (unpaired) electrons. The molecule has 1 saturated carbocycles. The Morgan fingerprint density at radius 1 is 1.26 bits per heavy atom. The maximum absolute atomic E-state index is 12.3. The molecule has 0 heterocycles. The van der Waals surface area contributed by atoms with Crippen LogP contribution < -0.4 is 16.4 Å². The van der Waals surface area contributed by atoms with Gasteiger partial charge in [0.15, 0.2) is 0 Å². The Labute approximate surface area is 142 Å². The van der Waals surface area contributed by atoms with E-state index >= 15 is 0 Å². The van der Waals surface area contributed by atoms with Gasteiger partial charge in [-0.1, -0.05) is 36.7 Å². The zero-order valence-electron chi connectivity index (χ0n) is 13.3. The molecule has 0 bridgehead atoms. The monoisotopic (exact) mass is 337 g/mol. The number of carbonyl (C=O) groups excluding carboxylic acids is 2. The second-order valence-electron chi connectivity index (χ2n) is 6.31. The summed E-state index contributed by atoms with van der Waals surface area (Å²) in [5.41, 5.74) is 5.93. The molecule has 1 aromatic rings. The van der Waals surface area contributed by atoms with Gasteiger partial charge >= 0.3 is 6.03 Å². The molecule has 4 N–H and O–H groups in total. The Morgan fingerprint density at radius 3 is 2.52 bits per heavy atom. The largest absolute Gasteiger partial charge is 0.353 e. The normalized spacial score (nSPS) is 22.2. The first-order chi connectivity index (χ1) is 11.0. The Balaban J connectivity index is 1.98. The second kappa shape index (κ2) is 8.20. The van der Waals surface area contributed by atoms with Crippen LogP contribution in [0.5, 0.6) is 0 Å². The van der Waals surface area contributed by atoms with E-state index in [2.05, 4.69) is 17.6 Å². The van der Waals surface area contributed by atoms with E-state index < -0.39 is 12.1 Å². The van der Waals surface area contributed by atoms with Gasteiger partial charge in [-0.15, -0.1) is 0 Å². The van der Waals surface area contributed by atoms with Crippen molar-refractivity contribution >= 4 is 23.5 Å². The summed E-state index contributed by atoms with van der Waals surface area (Å²) in [6, 6.07) is 6.16. The van der Waals surface area contributed by atoms with Crippen molar-refractivity contribution in [3.63, 3.8) is 0 Å². The molecule has 1 aromatic carbocycles. The SMILES string of the molecule is CC1CCC(NC(=O)C[C@@H](NC(N)=O)c2ccccc2Cl)CC1. The number of urea groups is 1. The Kier molecular flexibility index (Phi) is 6.28. The van der Waals surface area contributed by atoms with Crippen LogP contribution >= 0.6 is 11.6 Å². The molecule has 1 aliphatic rings. The predicted molar refractivity (Wildman–Crippen MR) is 91.1 cm³/mol. The van der Waals surface area contributed by atoms with Gasteiger partial charge in [-0.25, -0.2) is 4.79 Å². The number of primary amides is 1. The summed E-state index contributed by atoms with van der Waals surface area (Å²) in [7, 11) is 0. The molecule has 3 amide bonds. The number of halogens is 1. The number of nitrogens with two attached hydrogens (primary N) is 1. The van der Waals surface area contributed by atoms with E-state index in [1.54, 1.807) is 18.2 Å². The first-order valence-corrected chi connectivity index (χ1v) is 8.43. The zero-order valence-corrected chi connectivity index (χ0v) is 14.1. The maximum atomic E-state index is 12.3. The van der Waals surface area contributed by atoms with Crippen LogP contribution in [0.4, 0.5) is 4.79 Å². The topological polar surface area (TPSA) is 84.2 Å². The minimum atomic E-state index is -0.672. The highest BCUT2D eigenvalue weighted by Crippen LogP contribution is 2.26. The van der Waals surface area contributed by atoms with Crippen molar-refractivity contribution in [2.75, 3.05) is 0 Å². The number of hydrogen-bond donors (Lipinski definition) is 3. The van der Waals surface area contributed by atoms with Crippen LogP contribution in [0.3, 0.4) is 0 Å². The standard InChI is InChI=1S/C17H24ClN3O2/c1-11-6-8-12(9-7-11)20-16(22)10-15(21-17(19)23)13-4-2-3-5-14(13)18/h2-5,11-12,15H,6-10H2,1H3,(H,20,22)(H3,19,21,23)/t11?,12?,15-/m1/s1. The summed E-state index contributed by atoms with van der Waals surface area (Å²) >= 11 is 6.17. The van der Waals surface area contributed by atoms with Crippen LogP contribution in [0.1, 0.15) is 50.6 Å². The lowest BCUT2D eigenvalue weighted by atomic mass is 9.87. The molecule has 5 nitrogen and oxygen atoms in total. The first kappa shape index (κ1) is 17.6. The van der Waals surface area contributed by atoms with E-state index in [-0.39, 0.29) is 18.4 Å². The molecule has 2 rings (SSSR count). The first-order valence-electron chi connectivity index (χ1n) is 8.05. The van der Waals surface area contributed by atoms with Crippen LogP contribution in [-0.2, 0) is 4.79 Å².